The van der Waals surface area contributed by atoms with Crippen LogP contribution in [0.15, 0.2) is 0 Å². The van der Waals surface area contributed by atoms with Crippen molar-refractivity contribution in [3.63, 3.8) is 0 Å². The molecule has 1 unspecified atom stereocenters. The molecule has 1 rings (SSSR count). The van der Waals surface area contributed by atoms with Crippen molar-refractivity contribution in [1.29, 1.82) is 0 Å². The third kappa shape index (κ3) is 35.1. The zero-order valence-electron chi connectivity index (χ0n) is 42.8. The maximum absolute atomic E-state index is 13.4. The van der Waals surface area contributed by atoms with Crippen molar-refractivity contribution in [2.45, 2.75) is 258 Å². The average Bonchev–Trinajstić information content (AvgIpc) is 3.26. The van der Waals surface area contributed by atoms with Crippen LogP contribution in [0.25, 0.3) is 0 Å². The Hall–Kier alpha value is -2.11. The van der Waals surface area contributed by atoms with Crippen LogP contribution in [0.4, 0.5) is 0 Å². The van der Waals surface area contributed by atoms with Gasteiger partial charge in [-0.05, 0) is 12.8 Å². The summed E-state index contributed by atoms with van der Waals surface area (Å²) in [4.78, 5) is 87.3. The van der Waals surface area contributed by atoms with Crippen LogP contribution in [0.3, 0.4) is 0 Å². The van der Waals surface area contributed by atoms with E-state index in [0.29, 0.717) is 12.8 Å². The van der Waals surface area contributed by atoms with Gasteiger partial charge in [-0.3, -0.25) is 37.9 Å². The van der Waals surface area contributed by atoms with Gasteiger partial charge in [-0.15, -0.1) is 0 Å². The summed E-state index contributed by atoms with van der Waals surface area (Å²) < 4.78 is 61.4. The van der Waals surface area contributed by atoms with Gasteiger partial charge in [0.1, 0.15) is 19.3 Å². The van der Waals surface area contributed by atoms with E-state index in [1.807, 2.05) is 0 Å². The molecule has 0 N–H and O–H groups in total. The van der Waals surface area contributed by atoms with Crippen LogP contribution in [-0.2, 0) is 75.5 Å². The van der Waals surface area contributed by atoms with Gasteiger partial charge in [-0.25, -0.2) is 0 Å². The van der Waals surface area contributed by atoms with E-state index < -0.39 is 100 Å². The van der Waals surface area contributed by atoms with Crippen molar-refractivity contribution in [1.82, 2.24) is 0 Å². The number of esters is 6. The number of hydrogen-bond donors (Lipinski definition) is 0. The minimum atomic E-state index is -5.51. The van der Waals surface area contributed by atoms with Gasteiger partial charge in [0.25, 0.3) is 7.82 Å². The molecule has 1 saturated heterocycles. The van der Waals surface area contributed by atoms with Gasteiger partial charge in [0, 0.05) is 40.5 Å². The molecule has 17 nitrogen and oxygen atoms in total. The van der Waals surface area contributed by atoms with E-state index in [-0.39, 0.29) is 42.4 Å². The van der Waals surface area contributed by atoms with E-state index in [1.165, 1.54) is 103 Å². The largest absolute Gasteiger partial charge is 1.00 e. The van der Waals surface area contributed by atoms with E-state index in [1.54, 1.807) is 0 Å². The Morgan fingerprint density at radius 3 is 1.29 bits per heavy atom. The van der Waals surface area contributed by atoms with Crippen LogP contribution in [0, 0.1) is 0 Å². The summed E-state index contributed by atoms with van der Waals surface area (Å²) in [6.45, 7) is 6.60. The van der Waals surface area contributed by atoms with E-state index >= 15 is 0 Å². The molecule has 1 heterocycles. The van der Waals surface area contributed by atoms with Gasteiger partial charge in [-0.1, -0.05) is 168 Å². The second kappa shape index (κ2) is 41.5. The Balaban J connectivity index is 0.0000449. The second-order valence-corrected chi connectivity index (χ2v) is 19.1. The predicted molar refractivity (Wildman–Crippen MR) is 248 cm³/mol. The molecule has 0 aromatic rings. The fourth-order valence-electron chi connectivity index (χ4n) is 7.80. The van der Waals surface area contributed by atoms with Crippen molar-refractivity contribution >= 4 is 43.6 Å². The molecule has 0 aromatic heterocycles. The topological polar surface area (TPSA) is 226 Å². The van der Waals surface area contributed by atoms with Gasteiger partial charge in [-0.2, -0.15) is 0 Å². The van der Waals surface area contributed by atoms with Crippen molar-refractivity contribution in [3.8, 4) is 0 Å². The molecular weight excluding hydrogens is 914 g/mol. The first kappa shape index (κ1) is 65.9. The molecule has 0 aromatic carbocycles. The summed E-state index contributed by atoms with van der Waals surface area (Å²) in [5.41, 5.74) is 0. The van der Waals surface area contributed by atoms with Crippen molar-refractivity contribution in [2.24, 2.45) is 0 Å². The summed E-state index contributed by atoms with van der Waals surface area (Å²) in [5, 5.41) is 0. The van der Waals surface area contributed by atoms with Gasteiger partial charge in [0.05, 0.1) is 6.61 Å². The van der Waals surface area contributed by atoms with E-state index in [2.05, 4.69) is 13.8 Å². The number of phosphoric ester groups is 1. The quantitative estimate of drug-likeness (QED) is 0.0198. The van der Waals surface area contributed by atoms with Crippen molar-refractivity contribution in [3.05, 3.63) is 0 Å². The molecule has 1 aliphatic rings. The van der Waals surface area contributed by atoms with Crippen molar-refractivity contribution in [2.75, 3.05) is 19.8 Å². The Bertz CT molecular complexity index is 1430. The molecule has 19 heteroatoms. The van der Waals surface area contributed by atoms with Gasteiger partial charge in [0.15, 0.2) is 24.4 Å². The summed E-state index contributed by atoms with van der Waals surface area (Å²) in [5.74, 6) is -4.73. The fraction of sp³-hybridized carbons (Fsp3) is 0.878. The molecular formula is C49H86NaO17P. The molecule has 1 aliphatic heterocycles. The molecule has 0 saturated carbocycles. The molecule has 0 aliphatic carbocycles. The van der Waals surface area contributed by atoms with Crippen LogP contribution in [0.1, 0.15) is 221 Å². The Labute approximate surface area is 429 Å². The summed E-state index contributed by atoms with van der Waals surface area (Å²) in [6, 6.07) is 0. The average molecular weight is 1000 g/mol. The van der Waals surface area contributed by atoms with Crippen LogP contribution in [-0.4, -0.2) is 92.4 Å². The Morgan fingerprint density at radius 2 is 0.882 bits per heavy atom. The van der Waals surface area contributed by atoms with Crippen molar-refractivity contribution < 1.29 is 110 Å². The molecule has 0 spiro atoms. The molecule has 0 bridgehead atoms. The monoisotopic (exact) mass is 1000 g/mol. The van der Waals surface area contributed by atoms with Gasteiger partial charge in [0.2, 0.25) is 6.29 Å². The number of unbranched alkanes of at least 4 members (excludes halogenated alkanes) is 24. The summed E-state index contributed by atoms with van der Waals surface area (Å²) >= 11 is 0. The minimum absolute atomic E-state index is 0. The van der Waals surface area contributed by atoms with Crippen LogP contribution < -0.4 is 34.5 Å². The molecule has 0 amide bonds. The Morgan fingerprint density at radius 1 is 0.500 bits per heavy atom. The smallest absolute Gasteiger partial charge is 0.756 e. The van der Waals surface area contributed by atoms with Gasteiger partial charge < -0.3 is 42.6 Å². The number of hydrogen-bond acceptors (Lipinski definition) is 17. The van der Waals surface area contributed by atoms with E-state index in [0.717, 1.165) is 79.1 Å². The molecule has 1 fully saturated rings. The molecule has 68 heavy (non-hydrogen) atoms. The number of carbonyl (C=O) groups is 6. The minimum Gasteiger partial charge on any atom is -0.756 e. The second-order valence-electron chi connectivity index (χ2n) is 17.7. The molecule has 390 valence electrons. The first-order chi connectivity index (χ1) is 32.1. The number of ether oxygens (including phenoxy) is 7. The summed E-state index contributed by atoms with van der Waals surface area (Å²) in [7, 11) is -5.51. The van der Waals surface area contributed by atoms with Crippen LogP contribution >= 0.6 is 7.82 Å². The zero-order valence-corrected chi connectivity index (χ0v) is 45.7. The number of phosphoric acid groups is 1. The number of rotatable bonds is 41. The third-order valence-corrected chi connectivity index (χ3v) is 12.2. The Kier molecular flexibility index (Phi) is 40.2. The normalized spacial score (nSPS) is 19.1. The maximum atomic E-state index is 13.4. The molecule has 7 atom stereocenters. The zero-order chi connectivity index (χ0) is 49.7. The number of carbonyl (C=O) groups excluding carboxylic acids is 6. The third-order valence-electron chi connectivity index (χ3n) is 11.3. The molecule has 0 radical (unpaired) electrons. The first-order valence-corrected chi connectivity index (χ1v) is 26.8. The van der Waals surface area contributed by atoms with E-state index in [4.69, 9.17) is 42.2 Å². The first-order valence-electron chi connectivity index (χ1n) is 25.4. The maximum Gasteiger partial charge on any atom is 1.00 e. The van der Waals surface area contributed by atoms with Crippen LogP contribution in [0.5, 0.6) is 0 Å². The SMILES string of the molecule is CCCCCCCCCCCCCCCC(=O)OC[C@@H](COP(=O)([O-])O[C@@H]1O[C@H](COC(C)=O)[C@H](OC(C)=O)[C@H](OC(C)=O)[C@H]1OC(C)=O)OC(=O)CCCCCCCCCCCCCCC.[Na+]. The standard InChI is InChI=1S/C49H87O17P.Na/c1-7-9-11-13-15-17-19-21-23-25-27-29-31-33-44(54)59-35-42(64-45(55)34-32-30-28-26-24-22-20-18-16-14-12-10-8-2)36-60-67(56,57)66-49-48(63-41(6)53)47(62-40(5)52)46(61-39(4)51)43(65-49)37-58-38(3)50;/h42-43,46-49H,7-37H2,1-6H3,(H,56,57);/q;+1/p-1/t42-,43+,46-,47-,48+,49-;/m0./s1. The van der Waals surface area contributed by atoms with Gasteiger partial charge >= 0.3 is 65.4 Å². The fourth-order valence-corrected chi connectivity index (χ4v) is 8.63. The van der Waals surface area contributed by atoms with Crippen LogP contribution in [0.2, 0.25) is 0 Å². The van der Waals surface area contributed by atoms with E-state index in [9.17, 15) is 38.2 Å². The predicted octanol–water partition coefficient (Wildman–Crippen LogP) is 6.99. The summed E-state index contributed by atoms with van der Waals surface area (Å²) in [6.07, 6.45) is 19.7.